The Labute approximate surface area is 125 Å². The quantitative estimate of drug-likeness (QED) is 0.851. The molecule has 0 heterocycles. The van der Waals surface area contributed by atoms with Crippen molar-refractivity contribution in [3.63, 3.8) is 0 Å². The minimum atomic E-state index is -0.0662. The van der Waals surface area contributed by atoms with Crippen molar-refractivity contribution >= 4 is 17.3 Å². The van der Waals surface area contributed by atoms with E-state index < -0.39 is 0 Å². The Balaban J connectivity index is 2.00. The number of anilines is 2. The Bertz CT molecular complexity index is 594. The molecule has 0 saturated carbocycles. The molecule has 0 aliphatic rings. The molecule has 2 aromatic carbocycles. The molecule has 0 atom stereocenters. The van der Waals surface area contributed by atoms with Crippen LogP contribution in [0.15, 0.2) is 48.5 Å². The second kappa shape index (κ2) is 7.33. The van der Waals surface area contributed by atoms with Crippen LogP contribution in [-0.4, -0.2) is 12.5 Å². The molecule has 21 heavy (non-hydrogen) atoms. The molecule has 0 aromatic heterocycles. The summed E-state index contributed by atoms with van der Waals surface area (Å²) in [5.74, 6) is 0.796. The van der Waals surface area contributed by atoms with Gasteiger partial charge < -0.3 is 15.4 Å². The van der Waals surface area contributed by atoms with Crippen molar-refractivity contribution in [2.24, 2.45) is 0 Å². The number of carbonyl (C=O) groups is 1. The Hall–Kier alpha value is -2.49. The van der Waals surface area contributed by atoms with Crippen molar-refractivity contribution < 1.29 is 9.53 Å². The highest BCUT2D eigenvalue weighted by molar-refractivity contribution is 5.89. The smallest absolute Gasteiger partial charge is 0.221 e. The molecule has 2 aromatic rings. The van der Waals surface area contributed by atoms with Crippen LogP contribution in [0.3, 0.4) is 0 Å². The number of benzene rings is 2. The molecule has 110 valence electrons. The Morgan fingerprint density at radius 1 is 1.10 bits per heavy atom. The van der Waals surface area contributed by atoms with Gasteiger partial charge in [-0.25, -0.2) is 0 Å². The van der Waals surface area contributed by atoms with E-state index in [2.05, 4.69) is 10.6 Å². The van der Waals surface area contributed by atoms with Crippen LogP contribution in [0.1, 0.15) is 19.4 Å². The second-order valence-electron chi connectivity index (χ2n) is 4.65. The van der Waals surface area contributed by atoms with Crippen molar-refractivity contribution in [1.29, 1.82) is 0 Å². The van der Waals surface area contributed by atoms with Gasteiger partial charge in [0.2, 0.25) is 5.91 Å². The first-order valence-electron chi connectivity index (χ1n) is 7.01. The number of hydrogen-bond acceptors (Lipinski definition) is 3. The zero-order valence-corrected chi connectivity index (χ0v) is 12.3. The fraction of sp³-hybridized carbons (Fsp3) is 0.235. The van der Waals surface area contributed by atoms with Gasteiger partial charge in [-0.3, -0.25) is 4.79 Å². The summed E-state index contributed by atoms with van der Waals surface area (Å²) in [5, 5.41) is 6.17. The van der Waals surface area contributed by atoms with E-state index in [1.54, 1.807) is 0 Å². The number of nitrogens with one attached hydrogen (secondary N) is 2. The Morgan fingerprint density at radius 2 is 1.81 bits per heavy atom. The lowest BCUT2D eigenvalue weighted by Crippen LogP contribution is -2.10. The molecule has 2 rings (SSSR count). The van der Waals surface area contributed by atoms with E-state index in [1.165, 1.54) is 6.92 Å². The van der Waals surface area contributed by atoms with Crippen LogP contribution in [0.4, 0.5) is 11.4 Å². The maximum atomic E-state index is 11.2. The normalized spacial score (nSPS) is 10.0. The molecule has 1 amide bonds. The summed E-state index contributed by atoms with van der Waals surface area (Å²) in [5.41, 5.74) is 2.89. The third-order valence-electron chi connectivity index (χ3n) is 2.98. The van der Waals surface area contributed by atoms with Crippen LogP contribution < -0.4 is 15.4 Å². The van der Waals surface area contributed by atoms with Crippen molar-refractivity contribution in [2.45, 2.75) is 20.4 Å². The SMILES string of the molecule is CCOc1ccc(NCc2ccccc2NC(C)=O)cc1. The fourth-order valence-electron chi connectivity index (χ4n) is 2.02. The minimum absolute atomic E-state index is 0.0662. The summed E-state index contributed by atoms with van der Waals surface area (Å²) in [6, 6.07) is 15.6. The number of ether oxygens (including phenoxy) is 1. The summed E-state index contributed by atoms with van der Waals surface area (Å²) in [4.78, 5) is 11.2. The molecule has 2 N–H and O–H groups in total. The highest BCUT2D eigenvalue weighted by Crippen LogP contribution is 2.19. The molecule has 0 fully saturated rings. The number of hydrogen-bond donors (Lipinski definition) is 2. The summed E-state index contributed by atoms with van der Waals surface area (Å²) in [7, 11) is 0. The van der Waals surface area contributed by atoms with E-state index in [0.29, 0.717) is 13.2 Å². The molecule has 0 bridgehead atoms. The zero-order valence-electron chi connectivity index (χ0n) is 12.3. The summed E-state index contributed by atoms with van der Waals surface area (Å²) >= 11 is 0. The average molecular weight is 284 g/mol. The van der Waals surface area contributed by atoms with Gasteiger partial charge in [0.25, 0.3) is 0 Å². The second-order valence-corrected chi connectivity index (χ2v) is 4.65. The van der Waals surface area contributed by atoms with E-state index in [1.807, 2.05) is 55.5 Å². The van der Waals surface area contributed by atoms with Crippen molar-refractivity contribution in [2.75, 3.05) is 17.2 Å². The van der Waals surface area contributed by atoms with Crippen molar-refractivity contribution in [1.82, 2.24) is 0 Å². The summed E-state index contributed by atoms with van der Waals surface area (Å²) in [6.07, 6.45) is 0. The molecule has 0 spiro atoms. The third kappa shape index (κ3) is 4.53. The molecular formula is C17H20N2O2. The molecule has 0 saturated heterocycles. The Kier molecular flexibility index (Phi) is 5.21. The lowest BCUT2D eigenvalue weighted by atomic mass is 10.1. The first-order chi connectivity index (χ1) is 10.2. The maximum absolute atomic E-state index is 11.2. The standard InChI is InChI=1S/C17H20N2O2/c1-3-21-16-10-8-15(9-11-16)18-12-14-6-4-5-7-17(14)19-13(2)20/h4-11,18H,3,12H2,1-2H3,(H,19,20). The van der Waals surface area contributed by atoms with Crippen LogP contribution in [0.25, 0.3) is 0 Å². The predicted octanol–water partition coefficient (Wildman–Crippen LogP) is 3.66. The molecule has 4 heteroatoms. The molecular weight excluding hydrogens is 264 g/mol. The lowest BCUT2D eigenvalue weighted by molar-refractivity contribution is -0.114. The zero-order chi connectivity index (χ0) is 15.1. The molecule has 0 aliphatic carbocycles. The van der Waals surface area contributed by atoms with E-state index >= 15 is 0 Å². The van der Waals surface area contributed by atoms with Gasteiger partial charge in [0.15, 0.2) is 0 Å². The van der Waals surface area contributed by atoms with Gasteiger partial charge in [0.1, 0.15) is 5.75 Å². The van der Waals surface area contributed by atoms with Crippen molar-refractivity contribution in [3.8, 4) is 5.75 Å². The first-order valence-corrected chi connectivity index (χ1v) is 7.01. The predicted molar refractivity (Wildman–Crippen MR) is 85.7 cm³/mol. The number of para-hydroxylation sites is 1. The maximum Gasteiger partial charge on any atom is 0.221 e. The number of carbonyl (C=O) groups excluding carboxylic acids is 1. The molecule has 0 unspecified atom stereocenters. The molecule has 0 aliphatic heterocycles. The van der Waals surface area contributed by atoms with Crippen LogP contribution in [-0.2, 0) is 11.3 Å². The number of rotatable bonds is 6. The molecule has 4 nitrogen and oxygen atoms in total. The first kappa shape index (κ1) is 14.9. The Morgan fingerprint density at radius 3 is 2.48 bits per heavy atom. The van der Waals surface area contributed by atoms with Crippen LogP contribution in [0.2, 0.25) is 0 Å². The van der Waals surface area contributed by atoms with E-state index in [4.69, 9.17) is 4.74 Å². The lowest BCUT2D eigenvalue weighted by Gasteiger charge is -2.12. The minimum Gasteiger partial charge on any atom is -0.494 e. The van der Waals surface area contributed by atoms with Crippen molar-refractivity contribution in [3.05, 3.63) is 54.1 Å². The monoisotopic (exact) mass is 284 g/mol. The summed E-state index contributed by atoms with van der Waals surface area (Å²) < 4.78 is 5.41. The highest BCUT2D eigenvalue weighted by atomic mass is 16.5. The van der Waals surface area contributed by atoms with Gasteiger partial charge in [-0.15, -0.1) is 0 Å². The molecule has 0 radical (unpaired) electrons. The van der Waals surface area contributed by atoms with Crippen LogP contribution >= 0.6 is 0 Å². The van der Waals surface area contributed by atoms with Gasteiger partial charge in [0, 0.05) is 24.8 Å². The van der Waals surface area contributed by atoms with Gasteiger partial charge in [-0.1, -0.05) is 18.2 Å². The average Bonchev–Trinajstić information content (AvgIpc) is 2.48. The van der Waals surface area contributed by atoms with E-state index in [0.717, 1.165) is 22.7 Å². The van der Waals surface area contributed by atoms with Gasteiger partial charge in [0.05, 0.1) is 6.61 Å². The fourth-order valence-corrected chi connectivity index (χ4v) is 2.02. The van der Waals surface area contributed by atoms with Crippen LogP contribution in [0.5, 0.6) is 5.75 Å². The van der Waals surface area contributed by atoms with E-state index in [-0.39, 0.29) is 5.91 Å². The number of amides is 1. The van der Waals surface area contributed by atoms with Gasteiger partial charge >= 0.3 is 0 Å². The highest BCUT2D eigenvalue weighted by Gasteiger charge is 2.03. The van der Waals surface area contributed by atoms with Gasteiger partial charge in [-0.05, 0) is 42.8 Å². The van der Waals surface area contributed by atoms with Gasteiger partial charge in [-0.2, -0.15) is 0 Å². The van der Waals surface area contributed by atoms with Crippen LogP contribution in [0, 0.1) is 0 Å². The topological polar surface area (TPSA) is 50.4 Å². The summed E-state index contributed by atoms with van der Waals surface area (Å²) in [6.45, 7) is 4.78. The van der Waals surface area contributed by atoms with E-state index in [9.17, 15) is 4.79 Å². The third-order valence-corrected chi connectivity index (χ3v) is 2.98. The largest absolute Gasteiger partial charge is 0.494 e.